The van der Waals surface area contributed by atoms with Gasteiger partial charge in [0.1, 0.15) is 0 Å². The van der Waals surface area contributed by atoms with E-state index in [2.05, 4.69) is 39.4 Å². The van der Waals surface area contributed by atoms with Crippen molar-refractivity contribution in [2.45, 2.75) is 5.16 Å². The van der Waals surface area contributed by atoms with Gasteiger partial charge in [0, 0.05) is 44.0 Å². The van der Waals surface area contributed by atoms with Crippen molar-refractivity contribution >= 4 is 35.3 Å². The molecule has 4 aromatic rings. The number of hydrogen-bond acceptors (Lipinski definition) is 5. The number of rotatable bonds is 8. The van der Waals surface area contributed by atoms with E-state index in [0.29, 0.717) is 21.8 Å². The van der Waals surface area contributed by atoms with Gasteiger partial charge in [-0.15, -0.1) is 10.2 Å². The van der Waals surface area contributed by atoms with Gasteiger partial charge in [0.25, 0.3) is 0 Å². The number of halogens is 1. The molecular formula is C29H28ClN5OS. The summed E-state index contributed by atoms with van der Waals surface area (Å²) >= 11 is 7.88. The van der Waals surface area contributed by atoms with Crippen LogP contribution in [0.2, 0.25) is 5.02 Å². The van der Waals surface area contributed by atoms with Gasteiger partial charge >= 0.3 is 0 Å². The van der Waals surface area contributed by atoms with Crippen molar-refractivity contribution in [1.29, 1.82) is 0 Å². The van der Waals surface area contributed by atoms with Crippen LogP contribution in [0.15, 0.2) is 96.2 Å². The molecule has 0 unspecified atom stereocenters. The maximum atomic E-state index is 13.0. The second-order valence-corrected chi connectivity index (χ2v) is 10.1. The van der Waals surface area contributed by atoms with E-state index in [9.17, 15) is 4.79 Å². The molecule has 0 radical (unpaired) electrons. The monoisotopic (exact) mass is 529 g/mol. The maximum Gasteiger partial charge on any atom is 0.233 e. The zero-order valence-corrected chi connectivity index (χ0v) is 22.0. The molecule has 37 heavy (non-hydrogen) atoms. The smallest absolute Gasteiger partial charge is 0.233 e. The normalized spacial score (nSPS) is 14.4. The van der Waals surface area contributed by atoms with E-state index >= 15 is 0 Å². The molecule has 0 saturated carbocycles. The zero-order valence-electron chi connectivity index (χ0n) is 20.4. The van der Waals surface area contributed by atoms with Gasteiger partial charge in [-0.3, -0.25) is 14.3 Å². The number of hydrogen-bond donors (Lipinski definition) is 0. The van der Waals surface area contributed by atoms with Crippen LogP contribution in [0.3, 0.4) is 0 Å². The van der Waals surface area contributed by atoms with Crippen molar-refractivity contribution in [2.24, 2.45) is 0 Å². The van der Waals surface area contributed by atoms with E-state index in [1.807, 2.05) is 82.3 Å². The van der Waals surface area contributed by atoms with E-state index in [1.165, 1.54) is 17.3 Å². The van der Waals surface area contributed by atoms with Crippen molar-refractivity contribution in [3.05, 3.63) is 102 Å². The van der Waals surface area contributed by atoms with E-state index in [-0.39, 0.29) is 5.91 Å². The molecule has 5 rings (SSSR count). The molecule has 6 nitrogen and oxygen atoms in total. The van der Waals surface area contributed by atoms with Crippen LogP contribution in [-0.4, -0.2) is 68.9 Å². The van der Waals surface area contributed by atoms with Crippen molar-refractivity contribution in [1.82, 2.24) is 24.6 Å². The van der Waals surface area contributed by atoms with Gasteiger partial charge in [-0.1, -0.05) is 96.2 Å². The number of nitrogens with zero attached hydrogens (tertiary/aromatic N) is 5. The number of carbonyl (C=O) groups excluding carboxylic acids is 1. The highest BCUT2D eigenvalue weighted by molar-refractivity contribution is 7.99. The van der Waals surface area contributed by atoms with Gasteiger partial charge in [-0.2, -0.15) is 0 Å². The summed E-state index contributed by atoms with van der Waals surface area (Å²) in [6.45, 7) is 4.08. The van der Waals surface area contributed by atoms with Gasteiger partial charge < -0.3 is 4.90 Å². The third-order valence-corrected chi connectivity index (χ3v) is 7.53. The maximum absolute atomic E-state index is 13.0. The van der Waals surface area contributed by atoms with E-state index < -0.39 is 0 Å². The van der Waals surface area contributed by atoms with Gasteiger partial charge in [0.15, 0.2) is 11.0 Å². The van der Waals surface area contributed by atoms with Crippen LogP contribution < -0.4 is 0 Å². The van der Waals surface area contributed by atoms with E-state index in [4.69, 9.17) is 11.6 Å². The molecule has 0 spiro atoms. The molecule has 2 heterocycles. The van der Waals surface area contributed by atoms with Crippen LogP contribution in [0.5, 0.6) is 0 Å². The number of piperazine rings is 1. The highest BCUT2D eigenvalue weighted by Gasteiger charge is 2.23. The van der Waals surface area contributed by atoms with Gasteiger partial charge in [0.2, 0.25) is 5.91 Å². The topological polar surface area (TPSA) is 54.3 Å². The standard InChI is InChI=1S/C29H28ClN5OS/c30-26-16-8-7-15-25(26)28-31-32-29(35(28)24-13-5-2-6-14-24)37-22-27(36)34-20-18-33(19-21-34)17-9-12-23-10-3-1-4-11-23/h1-16H,17-22H2. The molecule has 1 saturated heterocycles. The Balaban J connectivity index is 1.21. The van der Waals surface area contributed by atoms with Crippen LogP contribution >= 0.6 is 23.4 Å². The lowest BCUT2D eigenvalue weighted by Crippen LogP contribution is -2.49. The predicted octanol–water partition coefficient (Wildman–Crippen LogP) is 5.54. The zero-order chi connectivity index (χ0) is 25.5. The van der Waals surface area contributed by atoms with Gasteiger partial charge in [0.05, 0.1) is 10.8 Å². The van der Waals surface area contributed by atoms with Crippen molar-refractivity contribution in [3.63, 3.8) is 0 Å². The summed E-state index contributed by atoms with van der Waals surface area (Å²) < 4.78 is 1.97. The minimum atomic E-state index is 0.117. The first-order valence-electron chi connectivity index (χ1n) is 12.3. The first-order valence-corrected chi connectivity index (χ1v) is 13.7. The molecule has 1 aliphatic rings. The van der Waals surface area contributed by atoms with E-state index in [0.717, 1.165) is 44.0 Å². The number of amides is 1. The molecule has 0 N–H and O–H groups in total. The fourth-order valence-corrected chi connectivity index (χ4v) is 5.36. The van der Waals surface area contributed by atoms with Crippen molar-refractivity contribution in [2.75, 3.05) is 38.5 Å². The Kier molecular flexibility index (Phi) is 8.35. The summed E-state index contributed by atoms with van der Waals surface area (Å²) in [5.41, 5.74) is 2.93. The molecule has 0 bridgehead atoms. The first-order chi connectivity index (χ1) is 18.2. The Morgan fingerprint density at radius 3 is 2.27 bits per heavy atom. The van der Waals surface area contributed by atoms with Crippen LogP contribution in [0.4, 0.5) is 0 Å². The number of thioether (sulfide) groups is 1. The largest absolute Gasteiger partial charge is 0.339 e. The second kappa shape index (κ2) is 12.2. The number of benzene rings is 3. The Hall–Kier alpha value is -3.39. The Labute approximate surface area is 226 Å². The van der Waals surface area contributed by atoms with Crippen LogP contribution in [-0.2, 0) is 4.79 Å². The average Bonchev–Trinajstić information content (AvgIpc) is 3.37. The van der Waals surface area contributed by atoms with Crippen molar-refractivity contribution in [3.8, 4) is 17.1 Å². The minimum Gasteiger partial charge on any atom is -0.339 e. The highest BCUT2D eigenvalue weighted by atomic mass is 35.5. The number of para-hydroxylation sites is 1. The number of carbonyl (C=O) groups is 1. The third kappa shape index (κ3) is 6.31. The highest BCUT2D eigenvalue weighted by Crippen LogP contribution is 2.32. The molecule has 0 atom stereocenters. The summed E-state index contributed by atoms with van der Waals surface area (Å²) in [4.78, 5) is 17.4. The summed E-state index contributed by atoms with van der Waals surface area (Å²) in [7, 11) is 0. The summed E-state index contributed by atoms with van der Waals surface area (Å²) in [6, 6.07) is 27.8. The van der Waals surface area contributed by atoms with Gasteiger partial charge in [-0.05, 0) is 29.8 Å². The fraction of sp³-hybridized carbons (Fsp3) is 0.207. The average molecular weight is 530 g/mol. The molecular weight excluding hydrogens is 502 g/mol. The Bertz CT molecular complexity index is 1350. The lowest BCUT2D eigenvalue weighted by molar-refractivity contribution is -0.130. The lowest BCUT2D eigenvalue weighted by Gasteiger charge is -2.34. The minimum absolute atomic E-state index is 0.117. The van der Waals surface area contributed by atoms with E-state index in [1.54, 1.807) is 0 Å². The molecule has 1 fully saturated rings. The third-order valence-electron chi connectivity index (χ3n) is 6.29. The number of aromatic nitrogens is 3. The first kappa shape index (κ1) is 25.3. The quantitative estimate of drug-likeness (QED) is 0.281. The van der Waals surface area contributed by atoms with Gasteiger partial charge in [-0.25, -0.2) is 0 Å². The van der Waals surface area contributed by atoms with Crippen LogP contribution in [0, 0.1) is 0 Å². The summed E-state index contributed by atoms with van der Waals surface area (Å²) in [5, 5.41) is 10.1. The predicted molar refractivity (Wildman–Crippen MR) is 151 cm³/mol. The van der Waals surface area contributed by atoms with Crippen LogP contribution in [0.1, 0.15) is 5.56 Å². The fourth-order valence-electron chi connectivity index (χ4n) is 4.29. The Morgan fingerprint density at radius 2 is 1.54 bits per heavy atom. The molecule has 1 aromatic heterocycles. The lowest BCUT2D eigenvalue weighted by atomic mass is 10.2. The molecule has 188 valence electrons. The molecule has 1 amide bonds. The summed E-state index contributed by atoms with van der Waals surface area (Å²) in [6.07, 6.45) is 4.34. The van der Waals surface area contributed by atoms with Crippen molar-refractivity contribution < 1.29 is 4.79 Å². The SMILES string of the molecule is O=C(CSc1nnc(-c2ccccc2Cl)n1-c1ccccc1)N1CCN(CC=Cc2ccccc2)CC1. The molecule has 0 aliphatic carbocycles. The molecule has 1 aliphatic heterocycles. The Morgan fingerprint density at radius 1 is 0.865 bits per heavy atom. The molecule has 8 heteroatoms. The summed E-state index contributed by atoms with van der Waals surface area (Å²) in [5.74, 6) is 1.08. The second-order valence-electron chi connectivity index (χ2n) is 8.74. The molecule has 3 aromatic carbocycles. The van der Waals surface area contributed by atoms with Crippen LogP contribution in [0.25, 0.3) is 23.2 Å².